The third-order valence-electron chi connectivity index (χ3n) is 4.82. The van der Waals surface area contributed by atoms with E-state index in [1.54, 1.807) is 7.11 Å². The molecule has 0 saturated carbocycles. The fraction of sp³-hybridized carbons (Fsp3) is 0.182. The molecule has 1 unspecified atom stereocenters. The Morgan fingerprint density at radius 1 is 0.667 bits per heavy atom. The van der Waals surface area contributed by atoms with Crippen LogP contribution in [0.4, 0.5) is 0 Å². The third kappa shape index (κ3) is 3.29. The molecule has 3 rings (SSSR count). The van der Waals surface area contributed by atoms with Crippen LogP contribution in [0.15, 0.2) is 84.9 Å². The van der Waals surface area contributed by atoms with Crippen molar-refractivity contribution in [1.82, 2.24) is 0 Å². The van der Waals surface area contributed by atoms with E-state index in [0.29, 0.717) is 5.54 Å². The standard InChI is InChI=1S/C22H24OSi/c1-23-20-16-14-19(15-17-20)22(18-10-6-4-7-11-18)24(2,3)21-12-8-5-9-13-21/h4-17,22H,1-3H3. The number of hydrogen-bond acceptors (Lipinski definition) is 1. The molecule has 24 heavy (non-hydrogen) atoms. The Morgan fingerprint density at radius 2 is 1.17 bits per heavy atom. The van der Waals surface area contributed by atoms with Crippen molar-refractivity contribution in [3.63, 3.8) is 0 Å². The van der Waals surface area contributed by atoms with Crippen LogP contribution in [0.1, 0.15) is 16.7 Å². The lowest BCUT2D eigenvalue weighted by atomic mass is 10.0. The van der Waals surface area contributed by atoms with Gasteiger partial charge in [0.1, 0.15) is 5.75 Å². The van der Waals surface area contributed by atoms with Gasteiger partial charge in [0.15, 0.2) is 0 Å². The maximum Gasteiger partial charge on any atom is 0.118 e. The Morgan fingerprint density at radius 3 is 1.71 bits per heavy atom. The summed E-state index contributed by atoms with van der Waals surface area (Å²) in [6, 6.07) is 30.4. The lowest BCUT2D eigenvalue weighted by molar-refractivity contribution is 0.414. The van der Waals surface area contributed by atoms with Crippen LogP contribution in [0.2, 0.25) is 13.1 Å². The Labute approximate surface area is 145 Å². The number of ether oxygens (including phenoxy) is 1. The quantitative estimate of drug-likeness (QED) is 0.599. The molecule has 0 amide bonds. The van der Waals surface area contributed by atoms with Crippen molar-refractivity contribution in [3.05, 3.63) is 96.1 Å². The number of hydrogen-bond donors (Lipinski definition) is 0. The summed E-state index contributed by atoms with van der Waals surface area (Å²) in [5.74, 6) is 0.907. The summed E-state index contributed by atoms with van der Waals surface area (Å²) < 4.78 is 5.34. The zero-order valence-corrected chi connectivity index (χ0v) is 15.6. The molecule has 0 heterocycles. The van der Waals surface area contributed by atoms with Crippen molar-refractivity contribution in [2.45, 2.75) is 18.6 Å². The average Bonchev–Trinajstić information content (AvgIpc) is 2.64. The highest BCUT2D eigenvalue weighted by Gasteiger charge is 2.35. The van der Waals surface area contributed by atoms with Crippen LogP contribution in [0, 0.1) is 0 Å². The molecular weight excluding hydrogens is 308 g/mol. The topological polar surface area (TPSA) is 9.23 Å². The minimum Gasteiger partial charge on any atom is -0.497 e. The summed E-state index contributed by atoms with van der Waals surface area (Å²) in [7, 11) is -0.0443. The summed E-state index contributed by atoms with van der Waals surface area (Å²) >= 11 is 0. The van der Waals surface area contributed by atoms with Crippen molar-refractivity contribution in [2.75, 3.05) is 7.11 Å². The largest absolute Gasteiger partial charge is 0.497 e. The van der Waals surface area contributed by atoms with E-state index in [1.165, 1.54) is 16.3 Å². The first-order valence-corrected chi connectivity index (χ1v) is 11.4. The lowest BCUT2D eigenvalue weighted by Crippen LogP contribution is -2.48. The molecule has 0 radical (unpaired) electrons. The minimum atomic E-state index is -1.76. The molecule has 1 atom stereocenters. The van der Waals surface area contributed by atoms with Gasteiger partial charge in [-0.1, -0.05) is 91.1 Å². The third-order valence-corrected chi connectivity index (χ3v) is 8.75. The number of rotatable bonds is 5. The average molecular weight is 333 g/mol. The zero-order valence-electron chi connectivity index (χ0n) is 14.6. The Kier molecular flexibility index (Phi) is 4.86. The Balaban J connectivity index is 2.11. The summed E-state index contributed by atoms with van der Waals surface area (Å²) in [5.41, 5.74) is 3.16. The molecule has 0 N–H and O–H groups in total. The van der Waals surface area contributed by atoms with Gasteiger partial charge in [-0.25, -0.2) is 0 Å². The van der Waals surface area contributed by atoms with Gasteiger partial charge >= 0.3 is 0 Å². The molecule has 0 aliphatic rings. The second-order valence-electron chi connectivity index (χ2n) is 6.70. The van der Waals surface area contributed by atoms with E-state index < -0.39 is 8.07 Å². The van der Waals surface area contributed by atoms with Crippen molar-refractivity contribution >= 4 is 13.3 Å². The van der Waals surface area contributed by atoms with E-state index in [9.17, 15) is 0 Å². The van der Waals surface area contributed by atoms with E-state index in [2.05, 4.69) is 98.0 Å². The first kappa shape index (κ1) is 16.5. The van der Waals surface area contributed by atoms with Crippen LogP contribution in [-0.2, 0) is 0 Å². The fourth-order valence-corrected chi connectivity index (χ4v) is 6.94. The number of benzene rings is 3. The second kappa shape index (κ2) is 7.06. The van der Waals surface area contributed by atoms with Gasteiger partial charge in [0.05, 0.1) is 15.2 Å². The van der Waals surface area contributed by atoms with Crippen molar-refractivity contribution in [1.29, 1.82) is 0 Å². The minimum absolute atomic E-state index is 0.409. The van der Waals surface area contributed by atoms with Crippen LogP contribution >= 0.6 is 0 Å². The van der Waals surface area contributed by atoms with Gasteiger partial charge in [-0.15, -0.1) is 0 Å². The molecule has 0 saturated heterocycles. The fourth-order valence-electron chi connectivity index (χ4n) is 3.50. The van der Waals surface area contributed by atoms with E-state index >= 15 is 0 Å². The predicted octanol–water partition coefficient (Wildman–Crippen LogP) is 4.98. The van der Waals surface area contributed by atoms with Gasteiger partial charge in [0.2, 0.25) is 0 Å². The second-order valence-corrected chi connectivity index (χ2v) is 11.3. The van der Waals surface area contributed by atoms with Crippen LogP contribution in [0.25, 0.3) is 0 Å². The highest BCUT2D eigenvalue weighted by Crippen LogP contribution is 2.34. The smallest absolute Gasteiger partial charge is 0.118 e. The summed E-state index contributed by atoms with van der Waals surface area (Å²) in [6.07, 6.45) is 0. The van der Waals surface area contributed by atoms with E-state index in [1.807, 2.05) is 0 Å². The summed E-state index contributed by atoms with van der Waals surface area (Å²) in [6.45, 7) is 4.93. The first-order valence-electron chi connectivity index (χ1n) is 8.37. The molecule has 0 aliphatic carbocycles. The molecule has 0 aromatic heterocycles. The molecule has 0 fully saturated rings. The van der Waals surface area contributed by atoms with E-state index in [4.69, 9.17) is 4.74 Å². The lowest BCUT2D eigenvalue weighted by Gasteiger charge is -2.34. The predicted molar refractivity (Wildman–Crippen MR) is 105 cm³/mol. The SMILES string of the molecule is COc1ccc(C(c2ccccc2)[Si](C)(C)c2ccccc2)cc1. The van der Waals surface area contributed by atoms with E-state index in [0.717, 1.165) is 5.75 Å². The molecule has 0 aliphatic heterocycles. The number of methoxy groups -OCH3 is 1. The molecule has 0 bridgehead atoms. The van der Waals surface area contributed by atoms with Crippen molar-refractivity contribution in [2.24, 2.45) is 0 Å². The molecule has 3 aromatic rings. The van der Waals surface area contributed by atoms with Gasteiger partial charge < -0.3 is 4.74 Å². The maximum atomic E-state index is 5.34. The molecule has 3 aromatic carbocycles. The van der Waals surface area contributed by atoms with Gasteiger partial charge in [-0.2, -0.15) is 0 Å². The normalized spacial score (nSPS) is 12.6. The monoisotopic (exact) mass is 332 g/mol. The van der Waals surface area contributed by atoms with Crippen LogP contribution < -0.4 is 9.92 Å². The Bertz CT molecular complexity index is 764. The van der Waals surface area contributed by atoms with Crippen molar-refractivity contribution < 1.29 is 4.74 Å². The maximum absolute atomic E-state index is 5.34. The van der Waals surface area contributed by atoms with Gasteiger partial charge in [0, 0.05) is 5.54 Å². The summed E-state index contributed by atoms with van der Waals surface area (Å²) in [5, 5.41) is 1.48. The van der Waals surface area contributed by atoms with Gasteiger partial charge in [-0.3, -0.25) is 0 Å². The molecule has 2 heteroatoms. The van der Waals surface area contributed by atoms with Crippen LogP contribution in [0.5, 0.6) is 5.75 Å². The van der Waals surface area contributed by atoms with Crippen molar-refractivity contribution in [3.8, 4) is 5.75 Å². The zero-order chi connectivity index (χ0) is 17.0. The summed E-state index contributed by atoms with van der Waals surface area (Å²) in [4.78, 5) is 0. The molecular formula is C22H24OSi. The highest BCUT2D eigenvalue weighted by molar-refractivity contribution is 6.91. The van der Waals surface area contributed by atoms with Gasteiger partial charge in [-0.05, 0) is 23.3 Å². The highest BCUT2D eigenvalue weighted by atomic mass is 28.3. The van der Waals surface area contributed by atoms with Crippen LogP contribution in [0.3, 0.4) is 0 Å². The Hall–Kier alpha value is -2.32. The van der Waals surface area contributed by atoms with E-state index in [-0.39, 0.29) is 0 Å². The molecule has 1 nitrogen and oxygen atoms in total. The van der Waals surface area contributed by atoms with Gasteiger partial charge in [0.25, 0.3) is 0 Å². The molecule has 0 spiro atoms. The first-order chi connectivity index (χ1) is 11.6. The van der Waals surface area contributed by atoms with Crippen LogP contribution in [-0.4, -0.2) is 15.2 Å². The molecule has 122 valence electrons.